The molecule has 0 saturated heterocycles. The zero-order valence-corrected chi connectivity index (χ0v) is 16.5. The standard InChI is InChI=1S/C22H20N4O4/c1-3-29-17-10-13(6-9-16(17)27)18-15(11-23)21(24)30-22-19(18)20(25-26-22)12-4-7-14(28-2)8-5-12/h4-10,18,27H,3,24H2,1-2H3,(H,25,26). The van der Waals surface area contributed by atoms with E-state index in [1.807, 2.05) is 31.2 Å². The number of nitrogens with one attached hydrogen (secondary N) is 1. The number of phenols is 1. The van der Waals surface area contributed by atoms with Gasteiger partial charge in [-0.2, -0.15) is 5.26 Å². The number of ether oxygens (including phenoxy) is 3. The van der Waals surface area contributed by atoms with Gasteiger partial charge in [-0.1, -0.05) is 6.07 Å². The summed E-state index contributed by atoms with van der Waals surface area (Å²) in [7, 11) is 1.60. The van der Waals surface area contributed by atoms with Crippen molar-refractivity contribution < 1.29 is 19.3 Å². The van der Waals surface area contributed by atoms with E-state index in [0.29, 0.717) is 29.5 Å². The minimum Gasteiger partial charge on any atom is -0.504 e. The Morgan fingerprint density at radius 2 is 2.03 bits per heavy atom. The fourth-order valence-electron chi connectivity index (χ4n) is 3.54. The van der Waals surface area contributed by atoms with E-state index in [0.717, 1.165) is 16.9 Å². The Kier molecular flexibility index (Phi) is 4.94. The van der Waals surface area contributed by atoms with Crippen molar-refractivity contribution in [2.24, 2.45) is 5.73 Å². The third-order valence-electron chi connectivity index (χ3n) is 4.93. The number of fused-ring (bicyclic) bond motifs is 1. The lowest BCUT2D eigenvalue weighted by Crippen LogP contribution is -2.21. The highest BCUT2D eigenvalue weighted by molar-refractivity contribution is 5.71. The van der Waals surface area contributed by atoms with Crippen LogP contribution in [0.2, 0.25) is 0 Å². The molecule has 8 heteroatoms. The molecule has 1 aromatic heterocycles. The van der Waals surface area contributed by atoms with Gasteiger partial charge in [0, 0.05) is 5.56 Å². The van der Waals surface area contributed by atoms with Gasteiger partial charge < -0.3 is 25.1 Å². The highest BCUT2D eigenvalue weighted by atomic mass is 16.5. The van der Waals surface area contributed by atoms with Gasteiger partial charge in [0.05, 0.1) is 30.9 Å². The number of nitrogens with zero attached hydrogens (tertiary/aromatic N) is 2. The number of H-pyrrole nitrogens is 1. The summed E-state index contributed by atoms with van der Waals surface area (Å²) in [6.45, 7) is 2.22. The molecule has 0 aliphatic carbocycles. The van der Waals surface area contributed by atoms with Gasteiger partial charge in [-0.3, -0.25) is 5.10 Å². The summed E-state index contributed by atoms with van der Waals surface area (Å²) >= 11 is 0. The number of aromatic hydroxyl groups is 1. The smallest absolute Gasteiger partial charge is 0.244 e. The summed E-state index contributed by atoms with van der Waals surface area (Å²) in [5, 5.41) is 27.2. The first-order valence-corrected chi connectivity index (χ1v) is 9.33. The lowest BCUT2D eigenvalue weighted by molar-refractivity contribution is 0.317. The summed E-state index contributed by atoms with van der Waals surface area (Å²) in [6.07, 6.45) is 0. The summed E-state index contributed by atoms with van der Waals surface area (Å²) < 4.78 is 16.4. The number of allylic oxidation sites excluding steroid dienone is 1. The summed E-state index contributed by atoms with van der Waals surface area (Å²) in [4.78, 5) is 0. The average molecular weight is 404 g/mol. The number of hydrogen-bond acceptors (Lipinski definition) is 7. The molecular formula is C22H20N4O4. The van der Waals surface area contributed by atoms with E-state index < -0.39 is 5.92 Å². The number of aromatic nitrogens is 2. The van der Waals surface area contributed by atoms with Gasteiger partial charge in [-0.05, 0) is 48.9 Å². The molecule has 0 saturated carbocycles. The van der Waals surface area contributed by atoms with Crippen molar-refractivity contribution in [2.45, 2.75) is 12.8 Å². The van der Waals surface area contributed by atoms with E-state index in [9.17, 15) is 10.4 Å². The maximum atomic E-state index is 10.1. The summed E-state index contributed by atoms with van der Waals surface area (Å²) in [5.41, 5.74) is 9.23. The van der Waals surface area contributed by atoms with Crippen LogP contribution in [0.25, 0.3) is 11.3 Å². The number of methoxy groups -OCH3 is 1. The van der Waals surface area contributed by atoms with Crippen molar-refractivity contribution in [1.29, 1.82) is 5.26 Å². The molecule has 3 aromatic rings. The summed E-state index contributed by atoms with van der Waals surface area (Å²) in [6, 6.07) is 14.6. The minimum atomic E-state index is -0.547. The fraction of sp³-hybridized carbons (Fsp3) is 0.182. The van der Waals surface area contributed by atoms with Crippen LogP contribution in [0, 0.1) is 11.3 Å². The molecule has 2 aromatic carbocycles. The van der Waals surface area contributed by atoms with Crippen LogP contribution >= 0.6 is 0 Å². The SMILES string of the molecule is CCOc1cc(C2C(C#N)=C(N)Oc3n[nH]c(-c4ccc(OC)cc4)c32)ccc1O. The molecule has 0 radical (unpaired) electrons. The van der Waals surface area contributed by atoms with E-state index in [4.69, 9.17) is 19.9 Å². The maximum Gasteiger partial charge on any atom is 0.244 e. The Balaban J connectivity index is 1.90. The lowest BCUT2D eigenvalue weighted by Gasteiger charge is -2.24. The Morgan fingerprint density at radius 3 is 2.70 bits per heavy atom. The zero-order valence-electron chi connectivity index (χ0n) is 16.5. The third kappa shape index (κ3) is 3.16. The molecule has 1 aliphatic heterocycles. The summed E-state index contributed by atoms with van der Waals surface area (Å²) in [5.74, 6) is 0.817. The second-order valence-electron chi connectivity index (χ2n) is 6.63. The van der Waals surface area contributed by atoms with Crippen LogP contribution in [0.4, 0.5) is 0 Å². The molecule has 4 N–H and O–H groups in total. The predicted octanol–water partition coefficient (Wildman–Crippen LogP) is 3.41. The molecule has 2 heterocycles. The first-order valence-electron chi connectivity index (χ1n) is 9.33. The van der Waals surface area contributed by atoms with E-state index in [2.05, 4.69) is 16.3 Å². The van der Waals surface area contributed by atoms with Gasteiger partial charge >= 0.3 is 0 Å². The lowest BCUT2D eigenvalue weighted by atomic mass is 9.83. The molecule has 4 rings (SSSR count). The van der Waals surface area contributed by atoms with Crippen molar-refractivity contribution in [3.8, 4) is 40.5 Å². The van der Waals surface area contributed by atoms with Crippen molar-refractivity contribution >= 4 is 0 Å². The molecule has 30 heavy (non-hydrogen) atoms. The third-order valence-corrected chi connectivity index (χ3v) is 4.93. The topological polar surface area (TPSA) is 126 Å². The van der Waals surface area contributed by atoms with E-state index in [-0.39, 0.29) is 17.2 Å². The normalized spacial score (nSPS) is 15.2. The van der Waals surface area contributed by atoms with Crippen molar-refractivity contribution in [3.63, 3.8) is 0 Å². The first-order chi connectivity index (χ1) is 14.6. The van der Waals surface area contributed by atoms with Crippen LogP contribution in [0.3, 0.4) is 0 Å². The average Bonchev–Trinajstić information content (AvgIpc) is 3.18. The predicted molar refractivity (Wildman–Crippen MR) is 109 cm³/mol. The van der Waals surface area contributed by atoms with Crippen molar-refractivity contribution in [2.75, 3.05) is 13.7 Å². The van der Waals surface area contributed by atoms with Crippen molar-refractivity contribution in [3.05, 3.63) is 65.0 Å². The molecule has 1 aliphatic rings. The second kappa shape index (κ2) is 7.72. The molecular weight excluding hydrogens is 384 g/mol. The molecule has 0 amide bonds. The number of hydrogen-bond donors (Lipinski definition) is 3. The monoisotopic (exact) mass is 404 g/mol. The van der Waals surface area contributed by atoms with E-state index >= 15 is 0 Å². The molecule has 152 valence electrons. The molecule has 1 unspecified atom stereocenters. The van der Waals surface area contributed by atoms with Crippen LogP contribution in [-0.2, 0) is 0 Å². The van der Waals surface area contributed by atoms with Gasteiger partial charge in [0.1, 0.15) is 17.4 Å². The van der Waals surface area contributed by atoms with Crippen LogP contribution in [0.15, 0.2) is 53.9 Å². The molecule has 0 spiro atoms. The van der Waals surface area contributed by atoms with Crippen LogP contribution < -0.4 is 19.9 Å². The number of rotatable bonds is 5. The molecule has 0 bridgehead atoms. The Labute approximate surface area is 173 Å². The van der Waals surface area contributed by atoms with Gasteiger partial charge in [-0.15, -0.1) is 5.10 Å². The van der Waals surface area contributed by atoms with E-state index in [1.165, 1.54) is 6.07 Å². The first kappa shape index (κ1) is 19.2. The minimum absolute atomic E-state index is 0.00573. The number of nitrogens with two attached hydrogens (primary N) is 1. The molecule has 8 nitrogen and oxygen atoms in total. The largest absolute Gasteiger partial charge is 0.504 e. The van der Waals surface area contributed by atoms with Gasteiger partial charge in [-0.25, -0.2) is 0 Å². The van der Waals surface area contributed by atoms with Crippen LogP contribution in [0.1, 0.15) is 24.0 Å². The van der Waals surface area contributed by atoms with Crippen molar-refractivity contribution in [1.82, 2.24) is 10.2 Å². The Morgan fingerprint density at radius 1 is 1.27 bits per heavy atom. The van der Waals surface area contributed by atoms with Crippen LogP contribution in [0.5, 0.6) is 23.1 Å². The number of phenolic OH excluding ortho intramolecular Hbond substituents is 1. The van der Waals surface area contributed by atoms with Gasteiger partial charge in [0.2, 0.25) is 11.8 Å². The number of benzene rings is 2. The van der Waals surface area contributed by atoms with E-state index in [1.54, 1.807) is 19.2 Å². The molecule has 1 atom stereocenters. The molecule has 0 fully saturated rings. The van der Waals surface area contributed by atoms with Crippen LogP contribution in [-0.4, -0.2) is 29.0 Å². The van der Waals surface area contributed by atoms with Gasteiger partial charge in [0.15, 0.2) is 11.5 Å². The van der Waals surface area contributed by atoms with Gasteiger partial charge in [0.25, 0.3) is 0 Å². The Bertz CT molecular complexity index is 1160. The number of aromatic amines is 1. The fourth-order valence-corrected chi connectivity index (χ4v) is 3.54. The quantitative estimate of drug-likeness (QED) is 0.595. The Hall–Kier alpha value is -4.12. The highest BCUT2D eigenvalue weighted by Crippen LogP contribution is 2.47. The number of nitriles is 1. The zero-order chi connectivity index (χ0) is 21.3. The second-order valence-corrected chi connectivity index (χ2v) is 6.63. The maximum absolute atomic E-state index is 10.1. The highest BCUT2D eigenvalue weighted by Gasteiger charge is 2.36.